The van der Waals surface area contributed by atoms with Crippen molar-refractivity contribution in [3.05, 3.63) is 45.8 Å². The molecule has 1 amide bonds. The summed E-state index contributed by atoms with van der Waals surface area (Å²) >= 11 is 1.66. The Morgan fingerprint density at radius 1 is 1.14 bits per heavy atom. The van der Waals surface area contributed by atoms with E-state index in [0.29, 0.717) is 5.56 Å². The first-order chi connectivity index (χ1) is 13.5. The predicted octanol–water partition coefficient (Wildman–Crippen LogP) is -0.0985. The minimum absolute atomic E-state index is 0.0858. The molecule has 0 radical (unpaired) electrons. The van der Waals surface area contributed by atoms with Crippen LogP contribution in [0.5, 0.6) is 5.75 Å². The highest BCUT2D eigenvalue weighted by atomic mass is 32.1. The van der Waals surface area contributed by atoms with Crippen molar-refractivity contribution in [2.45, 2.75) is 20.4 Å². The van der Waals surface area contributed by atoms with Gasteiger partial charge in [0.05, 0.1) is 13.7 Å². The Balaban J connectivity index is 1.68. The fourth-order valence-corrected chi connectivity index (χ4v) is 4.77. The highest BCUT2D eigenvalue weighted by Gasteiger charge is 2.25. The summed E-state index contributed by atoms with van der Waals surface area (Å²) in [7, 11) is 1.62. The fourth-order valence-electron chi connectivity index (χ4n) is 3.70. The molecule has 0 saturated carbocycles. The Hall–Kier alpha value is -1.93. The van der Waals surface area contributed by atoms with Gasteiger partial charge in [-0.2, -0.15) is 0 Å². The van der Waals surface area contributed by atoms with Gasteiger partial charge in [-0.05, 0) is 43.7 Å². The van der Waals surface area contributed by atoms with Gasteiger partial charge in [0.2, 0.25) is 0 Å². The van der Waals surface area contributed by atoms with E-state index in [4.69, 9.17) is 9.84 Å². The SMILES string of the molecule is COc1ccc(C(=O)Nc2sc(C)c(C)c2C[NH+]2CC[NH+](CCO)CC2)cc1. The summed E-state index contributed by atoms with van der Waals surface area (Å²) in [4.78, 5) is 17.0. The number of thiophene rings is 1. The van der Waals surface area contributed by atoms with Crippen molar-refractivity contribution in [3.8, 4) is 5.75 Å². The van der Waals surface area contributed by atoms with Crippen molar-refractivity contribution in [1.82, 2.24) is 0 Å². The number of piperazine rings is 1. The maximum absolute atomic E-state index is 12.7. The van der Waals surface area contributed by atoms with Gasteiger partial charge in [-0.15, -0.1) is 11.3 Å². The third-order valence-corrected chi connectivity index (χ3v) is 6.81. The Morgan fingerprint density at radius 3 is 2.39 bits per heavy atom. The first-order valence-electron chi connectivity index (χ1n) is 9.84. The number of aliphatic hydroxyl groups excluding tert-OH is 1. The van der Waals surface area contributed by atoms with Crippen LogP contribution in [0, 0.1) is 13.8 Å². The molecular formula is C21H31N3O3S+2. The number of nitrogens with one attached hydrogen (secondary N) is 3. The number of anilines is 1. The second-order valence-corrected chi connectivity index (χ2v) is 8.65. The quantitative estimate of drug-likeness (QED) is 0.520. The van der Waals surface area contributed by atoms with Gasteiger partial charge in [0, 0.05) is 16.0 Å². The number of ether oxygens (including phenoxy) is 1. The van der Waals surface area contributed by atoms with E-state index >= 15 is 0 Å². The van der Waals surface area contributed by atoms with Crippen molar-refractivity contribution in [2.24, 2.45) is 0 Å². The summed E-state index contributed by atoms with van der Waals surface area (Å²) in [6.07, 6.45) is 0. The predicted molar refractivity (Wildman–Crippen MR) is 112 cm³/mol. The smallest absolute Gasteiger partial charge is 0.256 e. The van der Waals surface area contributed by atoms with E-state index in [2.05, 4.69) is 19.2 Å². The number of hydrogen-bond acceptors (Lipinski definition) is 4. The molecule has 0 bridgehead atoms. The Morgan fingerprint density at radius 2 is 1.79 bits per heavy atom. The zero-order chi connectivity index (χ0) is 20.1. The van der Waals surface area contributed by atoms with Crippen LogP contribution in [0.25, 0.3) is 0 Å². The molecule has 7 heteroatoms. The van der Waals surface area contributed by atoms with Crippen LogP contribution >= 0.6 is 11.3 Å². The highest BCUT2D eigenvalue weighted by Crippen LogP contribution is 2.32. The van der Waals surface area contributed by atoms with Crippen LogP contribution in [0.15, 0.2) is 24.3 Å². The number of carbonyl (C=O) groups is 1. The van der Waals surface area contributed by atoms with E-state index in [1.165, 1.54) is 20.9 Å². The van der Waals surface area contributed by atoms with Gasteiger partial charge >= 0.3 is 0 Å². The van der Waals surface area contributed by atoms with Gasteiger partial charge in [0.15, 0.2) is 0 Å². The zero-order valence-corrected chi connectivity index (χ0v) is 17.7. The summed E-state index contributed by atoms with van der Waals surface area (Å²) in [5.74, 6) is 0.656. The minimum Gasteiger partial charge on any atom is -0.497 e. The maximum atomic E-state index is 12.7. The molecule has 4 N–H and O–H groups in total. The number of aliphatic hydroxyl groups is 1. The number of amides is 1. The van der Waals surface area contributed by atoms with Crippen LogP contribution in [0.4, 0.5) is 5.00 Å². The molecule has 152 valence electrons. The first kappa shape index (κ1) is 20.8. The third kappa shape index (κ3) is 4.91. The van der Waals surface area contributed by atoms with Crippen molar-refractivity contribution >= 4 is 22.2 Å². The van der Waals surface area contributed by atoms with Crippen molar-refractivity contribution in [2.75, 3.05) is 51.8 Å². The average molecular weight is 406 g/mol. The van der Waals surface area contributed by atoms with E-state index < -0.39 is 0 Å². The lowest BCUT2D eigenvalue weighted by Gasteiger charge is -2.29. The molecule has 2 heterocycles. The van der Waals surface area contributed by atoms with E-state index in [0.717, 1.165) is 50.0 Å². The molecule has 1 fully saturated rings. The number of quaternary nitrogens is 2. The first-order valence-corrected chi connectivity index (χ1v) is 10.7. The number of benzene rings is 1. The van der Waals surface area contributed by atoms with Crippen LogP contribution < -0.4 is 19.9 Å². The molecule has 0 atom stereocenters. The Kier molecular flexibility index (Phi) is 7.07. The lowest BCUT2D eigenvalue weighted by molar-refractivity contribution is -1.02. The fraction of sp³-hybridized carbons (Fsp3) is 0.476. The topological polar surface area (TPSA) is 67.4 Å². The molecule has 1 saturated heterocycles. The van der Waals surface area contributed by atoms with Crippen LogP contribution in [-0.4, -0.2) is 57.5 Å². The van der Waals surface area contributed by atoms with Gasteiger partial charge in [-0.1, -0.05) is 0 Å². The lowest BCUT2D eigenvalue weighted by Crippen LogP contribution is -3.27. The Bertz CT molecular complexity index is 796. The number of hydrogen-bond donors (Lipinski definition) is 4. The molecule has 0 spiro atoms. The summed E-state index contributed by atoms with van der Waals surface area (Å²) in [5.41, 5.74) is 3.17. The maximum Gasteiger partial charge on any atom is 0.256 e. The highest BCUT2D eigenvalue weighted by molar-refractivity contribution is 7.16. The lowest BCUT2D eigenvalue weighted by atomic mass is 10.1. The standard InChI is InChI=1S/C21H29N3O3S/c1-15-16(2)28-21(22-20(26)17-4-6-18(27-3)7-5-17)19(15)14-24-10-8-23(9-11-24)12-13-25/h4-7,25H,8-14H2,1-3H3,(H,22,26)/p+2. The number of rotatable bonds is 7. The number of methoxy groups -OCH3 is 1. The normalized spacial score (nSPS) is 19.4. The van der Waals surface area contributed by atoms with E-state index in [9.17, 15) is 4.79 Å². The van der Waals surface area contributed by atoms with Gasteiger partial charge in [0.25, 0.3) is 5.91 Å². The van der Waals surface area contributed by atoms with E-state index in [1.807, 2.05) is 0 Å². The third-order valence-electron chi connectivity index (χ3n) is 5.65. The van der Waals surface area contributed by atoms with Gasteiger partial charge < -0.3 is 25.0 Å². The van der Waals surface area contributed by atoms with Crippen molar-refractivity contribution in [1.29, 1.82) is 0 Å². The minimum atomic E-state index is -0.0858. The van der Waals surface area contributed by atoms with Gasteiger partial charge in [-0.3, -0.25) is 4.79 Å². The van der Waals surface area contributed by atoms with Crippen molar-refractivity contribution < 1.29 is 24.4 Å². The van der Waals surface area contributed by atoms with Gasteiger partial charge in [-0.25, -0.2) is 0 Å². The average Bonchev–Trinajstić information content (AvgIpc) is 2.97. The molecule has 2 aromatic rings. The van der Waals surface area contributed by atoms with Crippen molar-refractivity contribution in [3.63, 3.8) is 0 Å². The van der Waals surface area contributed by atoms with Gasteiger partial charge in [0.1, 0.15) is 50.0 Å². The van der Waals surface area contributed by atoms with Crippen LogP contribution in [-0.2, 0) is 6.54 Å². The molecule has 1 aromatic carbocycles. The summed E-state index contributed by atoms with van der Waals surface area (Å²) in [5, 5.41) is 13.2. The Labute approximate surface area is 170 Å². The molecule has 0 aliphatic carbocycles. The summed E-state index contributed by atoms with van der Waals surface area (Å²) < 4.78 is 5.16. The molecule has 28 heavy (non-hydrogen) atoms. The van der Waals surface area contributed by atoms with E-state index in [-0.39, 0.29) is 12.5 Å². The summed E-state index contributed by atoms with van der Waals surface area (Å²) in [6.45, 7) is 10.7. The largest absolute Gasteiger partial charge is 0.497 e. The van der Waals surface area contributed by atoms with E-state index in [1.54, 1.807) is 47.6 Å². The zero-order valence-electron chi connectivity index (χ0n) is 16.9. The van der Waals surface area contributed by atoms with Crippen LogP contribution in [0.1, 0.15) is 26.4 Å². The molecule has 6 nitrogen and oxygen atoms in total. The monoisotopic (exact) mass is 405 g/mol. The summed E-state index contributed by atoms with van der Waals surface area (Å²) in [6, 6.07) is 7.18. The molecule has 1 aliphatic rings. The second-order valence-electron chi connectivity index (χ2n) is 7.42. The number of carbonyl (C=O) groups excluding carboxylic acids is 1. The second kappa shape index (κ2) is 9.52. The molecule has 1 aromatic heterocycles. The molecule has 0 unspecified atom stereocenters. The molecular weight excluding hydrogens is 374 g/mol. The molecule has 3 rings (SSSR count). The molecule has 1 aliphatic heterocycles. The number of aryl methyl sites for hydroxylation is 1. The van der Waals surface area contributed by atoms with Crippen LogP contribution in [0.2, 0.25) is 0 Å². The van der Waals surface area contributed by atoms with Crippen LogP contribution in [0.3, 0.4) is 0 Å².